The molecule has 4 atom stereocenters. The Balaban J connectivity index is 1.86. The first-order valence-electron chi connectivity index (χ1n) is 6.92. The highest BCUT2D eigenvalue weighted by Gasteiger charge is 2.65. The van der Waals surface area contributed by atoms with Gasteiger partial charge in [0.1, 0.15) is 0 Å². The first-order chi connectivity index (χ1) is 9.14. The zero-order valence-corrected chi connectivity index (χ0v) is 10.5. The van der Waals surface area contributed by atoms with Crippen molar-refractivity contribution in [2.75, 3.05) is 0 Å². The zero-order valence-electron chi connectivity index (χ0n) is 10.5. The van der Waals surface area contributed by atoms with Crippen LogP contribution in [0.15, 0.2) is 4.63 Å². The van der Waals surface area contributed by atoms with Crippen LogP contribution in [0.2, 0.25) is 0 Å². The molecular formula is C12H17N3O4. The van der Waals surface area contributed by atoms with E-state index in [9.17, 15) is 15.5 Å². The van der Waals surface area contributed by atoms with Gasteiger partial charge >= 0.3 is 0 Å². The lowest BCUT2D eigenvalue weighted by Gasteiger charge is -2.35. The van der Waals surface area contributed by atoms with Crippen LogP contribution in [0.3, 0.4) is 0 Å². The molecule has 4 rings (SSSR count). The van der Waals surface area contributed by atoms with E-state index in [1.54, 1.807) is 0 Å². The molecular weight excluding hydrogens is 250 g/mol. The molecule has 0 unspecified atom stereocenters. The van der Waals surface area contributed by atoms with Gasteiger partial charge in [0, 0.05) is 23.5 Å². The van der Waals surface area contributed by atoms with Crippen LogP contribution in [-0.4, -0.2) is 32.6 Å². The fraction of sp³-hybridized carbons (Fsp3) is 0.833. The molecule has 19 heavy (non-hydrogen) atoms. The number of aromatic nitrogens is 2. The van der Waals surface area contributed by atoms with Gasteiger partial charge in [0.15, 0.2) is 5.60 Å². The van der Waals surface area contributed by atoms with Gasteiger partial charge in [0.2, 0.25) is 5.69 Å². The maximum atomic E-state index is 11.5. The summed E-state index contributed by atoms with van der Waals surface area (Å²) in [5.41, 5.74) is -0.488. The van der Waals surface area contributed by atoms with Gasteiger partial charge in [-0.15, -0.1) is 0 Å². The summed E-state index contributed by atoms with van der Waals surface area (Å²) in [5, 5.41) is 38.1. The smallest absolute Gasteiger partial charge is 0.254 e. The molecule has 0 bridgehead atoms. The van der Waals surface area contributed by atoms with Crippen molar-refractivity contribution in [2.45, 2.75) is 56.2 Å². The summed E-state index contributed by atoms with van der Waals surface area (Å²) in [4.78, 5) is 0.390. The fourth-order valence-corrected chi connectivity index (χ4v) is 4.36. The Morgan fingerprint density at radius 2 is 2.16 bits per heavy atom. The van der Waals surface area contributed by atoms with Crippen LogP contribution >= 0.6 is 0 Å². The summed E-state index contributed by atoms with van der Waals surface area (Å²) >= 11 is 0. The minimum Gasteiger partial charge on any atom is -0.379 e. The molecule has 1 aliphatic heterocycles. The van der Waals surface area contributed by atoms with E-state index in [0.29, 0.717) is 29.1 Å². The molecule has 2 aliphatic carbocycles. The van der Waals surface area contributed by atoms with E-state index in [1.165, 1.54) is 5.06 Å². The van der Waals surface area contributed by atoms with E-state index in [0.717, 1.165) is 25.7 Å². The molecule has 7 heteroatoms. The van der Waals surface area contributed by atoms with E-state index in [2.05, 4.69) is 9.79 Å². The molecule has 104 valence electrons. The largest absolute Gasteiger partial charge is 0.379 e. The average molecular weight is 267 g/mol. The molecule has 3 aliphatic rings. The van der Waals surface area contributed by atoms with Crippen molar-refractivity contribution in [3.63, 3.8) is 0 Å². The second-order valence-corrected chi connectivity index (χ2v) is 5.94. The zero-order chi connectivity index (χ0) is 13.2. The van der Waals surface area contributed by atoms with Crippen LogP contribution in [0.1, 0.15) is 43.5 Å². The lowest BCUT2D eigenvalue weighted by atomic mass is 9.70. The summed E-state index contributed by atoms with van der Waals surface area (Å²) in [7, 11) is 0. The number of hydrogen-bond acceptors (Lipinski definition) is 6. The third-order valence-corrected chi connectivity index (χ3v) is 5.20. The standard InChI is InChI=1S/C12H17N3O4/c16-12-7-3-1-2-4-8(7)14(17)10(12)6-5-9-11(12)13-19-15(9)18/h7-8,10,16-17H,1-6H2/t7-,8-,10+,12-/m1/s1. The predicted molar refractivity (Wildman–Crippen MR) is 60.8 cm³/mol. The van der Waals surface area contributed by atoms with Crippen LogP contribution in [0.25, 0.3) is 0 Å². The third kappa shape index (κ3) is 1.28. The molecule has 0 aromatic carbocycles. The van der Waals surface area contributed by atoms with Gasteiger partial charge in [0.25, 0.3) is 5.69 Å². The minimum absolute atomic E-state index is 0.0356. The monoisotopic (exact) mass is 267 g/mol. The molecule has 2 heterocycles. The van der Waals surface area contributed by atoms with Crippen molar-refractivity contribution >= 4 is 0 Å². The molecule has 1 aromatic rings. The third-order valence-electron chi connectivity index (χ3n) is 5.20. The summed E-state index contributed by atoms with van der Waals surface area (Å²) in [6.45, 7) is 0. The predicted octanol–water partition coefficient (Wildman–Crippen LogP) is 0.0740. The van der Waals surface area contributed by atoms with Gasteiger partial charge < -0.3 is 15.5 Å². The van der Waals surface area contributed by atoms with Gasteiger partial charge in [-0.05, 0) is 24.2 Å². The average Bonchev–Trinajstić information content (AvgIpc) is 2.90. The maximum Gasteiger partial charge on any atom is 0.254 e. The van der Waals surface area contributed by atoms with E-state index in [4.69, 9.17) is 0 Å². The first-order valence-corrected chi connectivity index (χ1v) is 6.92. The summed E-state index contributed by atoms with van der Waals surface area (Å²) < 4.78 is 4.66. The van der Waals surface area contributed by atoms with Crippen molar-refractivity contribution in [1.82, 2.24) is 10.2 Å². The highest BCUT2D eigenvalue weighted by Crippen LogP contribution is 2.53. The number of fused-ring (bicyclic) bond motifs is 5. The second-order valence-electron chi connectivity index (χ2n) is 5.94. The number of nitrogens with zero attached hydrogens (tertiary/aromatic N) is 3. The van der Waals surface area contributed by atoms with E-state index in [1.807, 2.05) is 0 Å². The molecule has 0 amide bonds. The number of hydroxylamine groups is 2. The highest BCUT2D eigenvalue weighted by molar-refractivity contribution is 5.27. The Bertz CT molecular complexity index is 519. The van der Waals surface area contributed by atoms with Crippen LogP contribution in [0.5, 0.6) is 0 Å². The number of hydrogen-bond donors (Lipinski definition) is 2. The first kappa shape index (κ1) is 11.6. The van der Waals surface area contributed by atoms with Gasteiger partial charge in [-0.25, -0.2) is 0 Å². The Morgan fingerprint density at radius 1 is 1.37 bits per heavy atom. The Hall–Kier alpha value is -1.18. The van der Waals surface area contributed by atoms with Crippen molar-refractivity contribution in [3.05, 3.63) is 16.6 Å². The molecule has 0 spiro atoms. The second kappa shape index (κ2) is 3.68. The lowest BCUT2D eigenvalue weighted by Crippen LogP contribution is -2.49. The molecule has 7 nitrogen and oxygen atoms in total. The highest BCUT2D eigenvalue weighted by atomic mass is 16.8. The van der Waals surface area contributed by atoms with E-state index < -0.39 is 5.60 Å². The molecule has 2 N–H and O–H groups in total. The van der Waals surface area contributed by atoms with Gasteiger partial charge in [-0.1, -0.05) is 12.8 Å². The van der Waals surface area contributed by atoms with Crippen molar-refractivity contribution in [1.29, 1.82) is 0 Å². The molecule has 0 radical (unpaired) electrons. The summed E-state index contributed by atoms with van der Waals surface area (Å²) in [6.07, 6.45) is 4.86. The van der Waals surface area contributed by atoms with Crippen molar-refractivity contribution in [3.8, 4) is 0 Å². The minimum atomic E-state index is -1.24. The SMILES string of the molecule is [O-][n+]1onc2c1CC[C@@H]1N(O)[C@@H]3CCCC[C@H]3[C@]21O. The molecule has 1 saturated carbocycles. The number of aliphatic hydroxyl groups is 1. The molecule has 1 aromatic heterocycles. The van der Waals surface area contributed by atoms with Gasteiger partial charge in [-0.2, -0.15) is 5.06 Å². The van der Waals surface area contributed by atoms with Crippen LogP contribution in [0.4, 0.5) is 0 Å². The van der Waals surface area contributed by atoms with E-state index in [-0.39, 0.29) is 18.0 Å². The Labute approximate surface area is 109 Å². The van der Waals surface area contributed by atoms with E-state index >= 15 is 0 Å². The summed E-state index contributed by atoms with van der Waals surface area (Å²) in [5.74, 6) is -0.0691. The fourth-order valence-electron chi connectivity index (χ4n) is 4.36. The van der Waals surface area contributed by atoms with Gasteiger partial charge in [0.05, 0.1) is 6.04 Å². The topological polar surface area (TPSA) is 96.7 Å². The maximum absolute atomic E-state index is 11.5. The van der Waals surface area contributed by atoms with Gasteiger partial charge in [-0.3, -0.25) is 4.63 Å². The lowest BCUT2D eigenvalue weighted by molar-refractivity contribution is -0.808. The van der Waals surface area contributed by atoms with Crippen molar-refractivity contribution in [2.24, 2.45) is 5.92 Å². The number of rotatable bonds is 0. The van der Waals surface area contributed by atoms with Crippen LogP contribution in [0, 0.1) is 11.1 Å². The van der Waals surface area contributed by atoms with Crippen LogP contribution in [-0.2, 0) is 12.0 Å². The quantitative estimate of drug-likeness (QED) is 0.646. The summed E-state index contributed by atoms with van der Waals surface area (Å²) in [6, 6.07) is -0.412. The van der Waals surface area contributed by atoms with Crippen molar-refractivity contribution < 1.29 is 19.8 Å². The Morgan fingerprint density at radius 3 is 3.00 bits per heavy atom. The molecule has 2 fully saturated rings. The molecule has 1 saturated heterocycles. The normalized spacial score (nSPS) is 41.7. The van der Waals surface area contributed by atoms with Crippen LogP contribution < -0.4 is 4.90 Å². The Kier molecular flexibility index (Phi) is 2.25.